The summed E-state index contributed by atoms with van der Waals surface area (Å²) in [6.07, 6.45) is 0. The summed E-state index contributed by atoms with van der Waals surface area (Å²) in [5, 5.41) is 3.96. The number of halogens is 1. The van der Waals surface area contributed by atoms with Crippen molar-refractivity contribution >= 4 is 10.8 Å². The van der Waals surface area contributed by atoms with Crippen molar-refractivity contribution < 1.29 is 17.9 Å². The van der Waals surface area contributed by atoms with Gasteiger partial charge in [0.2, 0.25) is 0 Å². The van der Waals surface area contributed by atoms with E-state index in [0.717, 1.165) is 5.56 Å². The van der Waals surface area contributed by atoms with Gasteiger partial charge in [0.1, 0.15) is 11.6 Å². The van der Waals surface area contributed by atoms with E-state index in [-0.39, 0.29) is 17.3 Å². The van der Waals surface area contributed by atoms with E-state index in [1.807, 2.05) is 30.3 Å². The molecule has 0 aliphatic carbocycles. The molecule has 24 heavy (non-hydrogen) atoms. The fourth-order valence-corrected chi connectivity index (χ4v) is 3.51. The second kappa shape index (κ2) is 7.40. The fraction of sp³-hybridized carbons (Fsp3) is 0.167. The van der Waals surface area contributed by atoms with E-state index in [1.165, 1.54) is 25.3 Å². The third-order valence-corrected chi connectivity index (χ3v) is 4.74. The van der Waals surface area contributed by atoms with Crippen molar-refractivity contribution in [1.82, 2.24) is 5.16 Å². The van der Waals surface area contributed by atoms with Gasteiger partial charge in [0.15, 0.2) is 5.76 Å². The largest absolute Gasteiger partial charge is 0.496 e. The Morgan fingerprint density at radius 1 is 1.12 bits per heavy atom. The number of nitrogens with zero attached hydrogens (tertiary/aromatic N) is 1. The third-order valence-electron chi connectivity index (χ3n) is 3.49. The first-order valence-electron chi connectivity index (χ1n) is 7.34. The minimum atomic E-state index is -1.25. The van der Waals surface area contributed by atoms with Crippen LogP contribution in [0.1, 0.15) is 11.3 Å². The number of hydrogen-bond acceptors (Lipinski definition) is 4. The Bertz CT molecular complexity index is 848. The van der Waals surface area contributed by atoms with Gasteiger partial charge in [-0.25, -0.2) is 4.39 Å². The van der Waals surface area contributed by atoms with E-state index < -0.39 is 10.8 Å². The number of methoxy groups -OCH3 is 1. The summed E-state index contributed by atoms with van der Waals surface area (Å²) in [6, 6.07) is 15.5. The zero-order valence-corrected chi connectivity index (χ0v) is 13.9. The van der Waals surface area contributed by atoms with Crippen molar-refractivity contribution in [2.75, 3.05) is 7.11 Å². The molecule has 1 atom stereocenters. The van der Waals surface area contributed by atoms with Crippen LogP contribution in [0, 0.1) is 5.82 Å². The van der Waals surface area contributed by atoms with E-state index in [2.05, 4.69) is 5.16 Å². The molecule has 0 saturated carbocycles. The smallest absolute Gasteiger partial charge is 0.167 e. The number of rotatable bonds is 6. The molecule has 1 unspecified atom stereocenters. The van der Waals surface area contributed by atoms with Gasteiger partial charge in [0, 0.05) is 28.0 Å². The predicted octanol–water partition coefficient (Wildman–Crippen LogP) is 3.94. The van der Waals surface area contributed by atoms with Crippen LogP contribution in [0.4, 0.5) is 4.39 Å². The molecule has 0 amide bonds. The molecule has 0 aliphatic rings. The summed E-state index contributed by atoms with van der Waals surface area (Å²) in [5.41, 5.74) is 2.08. The second-order valence-corrected chi connectivity index (χ2v) is 6.69. The summed E-state index contributed by atoms with van der Waals surface area (Å²) in [7, 11) is 0.249. The minimum Gasteiger partial charge on any atom is -0.496 e. The maximum absolute atomic E-state index is 13.4. The Hall–Kier alpha value is -2.47. The summed E-state index contributed by atoms with van der Waals surface area (Å²) < 4.78 is 36.2. The standard InChI is InChI=1S/C18H16FNO3S/c1-22-17-8-7-15(19)9-14(17)11-24(21)12-16-10-18(23-20-16)13-5-3-2-4-6-13/h2-10H,11-12H2,1H3. The molecule has 1 heterocycles. The van der Waals surface area contributed by atoms with E-state index in [1.54, 1.807) is 6.07 Å². The van der Waals surface area contributed by atoms with Crippen molar-refractivity contribution in [1.29, 1.82) is 0 Å². The Balaban J connectivity index is 1.70. The highest BCUT2D eigenvalue weighted by atomic mass is 32.2. The molecular weight excluding hydrogens is 329 g/mol. The monoisotopic (exact) mass is 345 g/mol. The molecule has 0 fully saturated rings. The van der Waals surface area contributed by atoms with Crippen molar-refractivity contribution in [3.8, 4) is 17.1 Å². The molecule has 0 saturated heterocycles. The van der Waals surface area contributed by atoms with E-state index >= 15 is 0 Å². The number of aromatic nitrogens is 1. The molecular formula is C18H16FNO3S. The van der Waals surface area contributed by atoms with Crippen LogP contribution >= 0.6 is 0 Å². The SMILES string of the molecule is COc1ccc(F)cc1CS(=O)Cc1cc(-c2ccccc2)on1. The van der Waals surface area contributed by atoms with Gasteiger partial charge in [-0.05, 0) is 18.2 Å². The molecule has 0 radical (unpaired) electrons. The summed E-state index contributed by atoms with van der Waals surface area (Å²) in [4.78, 5) is 0. The molecule has 124 valence electrons. The van der Waals surface area contributed by atoms with Crippen LogP contribution in [0.15, 0.2) is 59.1 Å². The van der Waals surface area contributed by atoms with Crippen LogP contribution < -0.4 is 4.74 Å². The predicted molar refractivity (Wildman–Crippen MR) is 90.4 cm³/mol. The lowest BCUT2D eigenvalue weighted by Crippen LogP contribution is -2.02. The topological polar surface area (TPSA) is 52.3 Å². The number of ether oxygens (including phenoxy) is 1. The first-order chi connectivity index (χ1) is 11.7. The number of hydrogen-bond donors (Lipinski definition) is 0. The Kier molecular flexibility index (Phi) is 5.05. The van der Waals surface area contributed by atoms with Crippen LogP contribution in [-0.2, 0) is 22.3 Å². The lowest BCUT2D eigenvalue weighted by atomic mass is 10.2. The van der Waals surface area contributed by atoms with Crippen molar-refractivity contribution in [3.05, 3.63) is 71.7 Å². The highest BCUT2D eigenvalue weighted by Crippen LogP contribution is 2.23. The maximum Gasteiger partial charge on any atom is 0.167 e. The Morgan fingerprint density at radius 2 is 1.92 bits per heavy atom. The lowest BCUT2D eigenvalue weighted by molar-refractivity contribution is 0.410. The highest BCUT2D eigenvalue weighted by Gasteiger charge is 2.13. The van der Waals surface area contributed by atoms with Crippen molar-refractivity contribution in [2.45, 2.75) is 11.5 Å². The molecule has 3 rings (SSSR count). The van der Waals surface area contributed by atoms with Gasteiger partial charge in [0.05, 0.1) is 24.3 Å². The van der Waals surface area contributed by atoms with Crippen molar-refractivity contribution in [3.63, 3.8) is 0 Å². The molecule has 1 aromatic heterocycles. The Labute approximate surface area is 141 Å². The molecule has 3 aromatic rings. The molecule has 2 aromatic carbocycles. The quantitative estimate of drug-likeness (QED) is 0.679. The minimum absolute atomic E-state index is 0.189. The average molecular weight is 345 g/mol. The lowest BCUT2D eigenvalue weighted by Gasteiger charge is -2.07. The first-order valence-corrected chi connectivity index (χ1v) is 8.83. The van der Waals surface area contributed by atoms with Gasteiger partial charge < -0.3 is 9.26 Å². The first kappa shape index (κ1) is 16.4. The zero-order chi connectivity index (χ0) is 16.9. The van der Waals surface area contributed by atoms with Gasteiger partial charge in [-0.3, -0.25) is 4.21 Å². The second-order valence-electron chi connectivity index (χ2n) is 5.23. The summed E-state index contributed by atoms with van der Waals surface area (Å²) >= 11 is 0. The molecule has 0 spiro atoms. The molecule has 4 nitrogen and oxygen atoms in total. The van der Waals surface area contributed by atoms with E-state index in [9.17, 15) is 8.60 Å². The third kappa shape index (κ3) is 3.89. The van der Waals surface area contributed by atoms with Gasteiger partial charge in [0.25, 0.3) is 0 Å². The van der Waals surface area contributed by atoms with Gasteiger partial charge in [-0.2, -0.15) is 0 Å². The zero-order valence-electron chi connectivity index (χ0n) is 13.1. The van der Waals surface area contributed by atoms with Gasteiger partial charge in [-0.15, -0.1) is 0 Å². The Morgan fingerprint density at radius 3 is 2.67 bits per heavy atom. The van der Waals surface area contributed by atoms with Crippen LogP contribution in [-0.4, -0.2) is 16.5 Å². The van der Waals surface area contributed by atoms with E-state index in [4.69, 9.17) is 9.26 Å². The van der Waals surface area contributed by atoms with Crippen LogP contribution in [0.3, 0.4) is 0 Å². The van der Waals surface area contributed by atoms with Crippen LogP contribution in [0.2, 0.25) is 0 Å². The molecule has 0 bridgehead atoms. The number of benzene rings is 2. The fourth-order valence-electron chi connectivity index (χ4n) is 2.37. The van der Waals surface area contributed by atoms with Gasteiger partial charge >= 0.3 is 0 Å². The van der Waals surface area contributed by atoms with Crippen molar-refractivity contribution in [2.24, 2.45) is 0 Å². The molecule has 0 aliphatic heterocycles. The maximum atomic E-state index is 13.4. The normalized spacial score (nSPS) is 12.1. The van der Waals surface area contributed by atoms with Crippen LogP contribution in [0.25, 0.3) is 11.3 Å². The molecule has 6 heteroatoms. The highest BCUT2D eigenvalue weighted by molar-refractivity contribution is 7.83. The molecule has 0 N–H and O–H groups in total. The van der Waals surface area contributed by atoms with Crippen LogP contribution in [0.5, 0.6) is 5.75 Å². The van der Waals surface area contributed by atoms with Gasteiger partial charge in [-0.1, -0.05) is 35.5 Å². The summed E-state index contributed by atoms with van der Waals surface area (Å²) in [6.45, 7) is 0. The van der Waals surface area contributed by atoms with E-state index in [0.29, 0.717) is 22.8 Å². The summed E-state index contributed by atoms with van der Waals surface area (Å²) in [5.74, 6) is 1.20. The average Bonchev–Trinajstić information content (AvgIpc) is 3.04.